The molecule has 2 amide bonds. The van der Waals surface area contributed by atoms with Gasteiger partial charge in [-0.15, -0.1) is 0 Å². The highest BCUT2D eigenvalue weighted by Crippen LogP contribution is 2.33. The molecule has 1 saturated heterocycles. The van der Waals surface area contributed by atoms with Crippen molar-refractivity contribution in [2.45, 2.75) is 77.0 Å². The first-order chi connectivity index (χ1) is 18.5. The Labute approximate surface area is 229 Å². The van der Waals surface area contributed by atoms with Crippen LogP contribution < -0.4 is 16.4 Å². The molecule has 1 aliphatic rings. The molecule has 2 aromatic heterocycles. The van der Waals surface area contributed by atoms with Crippen LogP contribution in [0.1, 0.15) is 52.8 Å². The maximum absolute atomic E-state index is 12.4. The van der Waals surface area contributed by atoms with Crippen molar-refractivity contribution in [2.24, 2.45) is 0 Å². The molecular weight excluding hydrogens is 498 g/mol. The van der Waals surface area contributed by atoms with Crippen molar-refractivity contribution in [3.8, 4) is 0 Å². The second-order valence-electron chi connectivity index (χ2n) is 11.4. The Kier molecular flexibility index (Phi) is 8.75. The number of benzene rings is 1. The third-order valence-electron chi connectivity index (χ3n) is 7.21. The van der Waals surface area contributed by atoms with Gasteiger partial charge in [0, 0.05) is 37.6 Å². The average molecular weight is 540 g/mol. The molecule has 11 heteroatoms. The molecule has 0 aliphatic carbocycles. The summed E-state index contributed by atoms with van der Waals surface area (Å²) in [4.78, 5) is 22.8. The number of hydrogen-bond donors (Lipinski definition) is 5. The van der Waals surface area contributed by atoms with Crippen molar-refractivity contribution in [1.82, 2.24) is 24.8 Å². The predicted octanol–water partition coefficient (Wildman–Crippen LogP) is 2.85. The standard InChI is InChI=1S/C28H41N7O4/c1-17(2)34(13-6-12-30-27(38)33-19-9-7-18(8-10-19)28(3,4)5)15-21-22(36)23(37)26(39-21)35-14-11-20-24(29)31-16-32-25(20)35/h7-11,14,16-17,21-23,26,36-37H,6,12-13,15H2,1-5H3,(H2,29,31,32)(H2,30,33,38)/t21-,22-,23+,26-/m0/s1. The molecule has 0 spiro atoms. The molecule has 3 heterocycles. The first-order valence-electron chi connectivity index (χ1n) is 13.4. The van der Waals surface area contributed by atoms with E-state index in [2.05, 4.69) is 60.1 Å². The van der Waals surface area contributed by atoms with E-state index in [0.29, 0.717) is 42.9 Å². The number of aliphatic hydroxyl groups is 2. The van der Waals surface area contributed by atoms with Gasteiger partial charge in [0.25, 0.3) is 0 Å². The number of aliphatic hydroxyl groups excluding tert-OH is 2. The van der Waals surface area contributed by atoms with Gasteiger partial charge in [0.2, 0.25) is 0 Å². The fourth-order valence-electron chi connectivity index (χ4n) is 4.81. The number of ether oxygens (including phenoxy) is 1. The number of nitrogen functional groups attached to an aromatic ring is 1. The van der Waals surface area contributed by atoms with E-state index in [1.54, 1.807) is 16.8 Å². The molecule has 0 unspecified atom stereocenters. The predicted molar refractivity (Wildman–Crippen MR) is 151 cm³/mol. The van der Waals surface area contributed by atoms with Gasteiger partial charge >= 0.3 is 6.03 Å². The van der Waals surface area contributed by atoms with Crippen molar-refractivity contribution in [3.05, 3.63) is 48.4 Å². The molecule has 1 fully saturated rings. The summed E-state index contributed by atoms with van der Waals surface area (Å²) in [5.74, 6) is 0.343. The van der Waals surface area contributed by atoms with Crippen molar-refractivity contribution >= 4 is 28.6 Å². The Bertz CT molecular complexity index is 1260. The zero-order valence-electron chi connectivity index (χ0n) is 23.3. The van der Waals surface area contributed by atoms with E-state index >= 15 is 0 Å². The number of nitrogens with one attached hydrogen (secondary N) is 2. The number of anilines is 2. The molecule has 1 aromatic carbocycles. The van der Waals surface area contributed by atoms with Gasteiger partial charge < -0.3 is 35.9 Å². The summed E-state index contributed by atoms with van der Waals surface area (Å²) in [5, 5.41) is 28.0. The van der Waals surface area contributed by atoms with Crippen molar-refractivity contribution in [1.29, 1.82) is 0 Å². The monoisotopic (exact) mass is 539 g/mol. The van der Waals surface area contributed by atoms with Gasteiger partial charge in [-0.05, 0) is 49.4 Å². The number of hydrogen-bond acceptors (Lipinski definition) is 8. The first kappa shape index (κ1) is 28.8. The van der Waals surface area contributed by atoms with E-state index < -0.39 is 24.5 Å². The average Bonchev–Trinajstić information content (AvgIpc) is 3.42. The molecular formula is C28H41N7O4. The lowest BCUT2D eigenvalue weighted by Crippen LogP contribution is -2.44. The quantitative estimate of drug-likeness (QED) is 0.261. The van der Waals surface area contributed by atoms with Crippen LogP contribution in [0, 0.1) is 0 Å². The van der Waals surface area contributed by atoms with E-state index in [0.717, 1.165) is 5.69 Å². The zero-order valence-corrected chi connectivity index (χ0v) is 23.3. The molecule has 212 valence electrons. The number of carbonyl (C=O) groups is 1. The molecule has 4 rings (SSSR count). The Morgan fingerprint density at radius 1 is 1.15 bits per heavy atom. The van der Waals surface area contributed by atoms with Crippen LogP contribution in [-0.2, 0) is 10.2 Å². The Hall–Kier alpha value is -3.25. The summed E-state index contributed by atoms with van der Waals surface area (Å²) in [6.45, 7) is 12.2. The number of rotatable bonds is 9. The zero-order chi connectivity index (χ0) is 28.3. The molecule has 1 aliphatic heterocycles. The lowest BCUT2D eigenvalue weighted by molar-refractivity contribution is -0.0465. The normalized spacial score (nSPS) is 21.7. The summed E-state index contributed by atoms with van der Waals surface area (Å²) < 4.78 is 7.82. The van der Waals surface area contributed by atoms with Crippen LogP contribution in [0.2, 0.25) is 0 Å². The Morgan fingerprint density at radius 2 is 1.87 bits per heavy atom. The van der Waals surface area contributed by atoms with Crippen LogP contribution in [-0.4, -0.2) is 79.7 Å². The SMILES string of the molecule is CC(C)N(CCCNC(=O)Nc1ccc(C(C)(C)C)cc1)C[C@@H]1O[C@H](n2ccc3c(N)ncnc32)[C@H](O)[C@H]1O. The second kappa shape index (κ2) is 11.9. The summed E-state index contributed by atoms with van der Waals surface area (Å²) >= 11 is 0. The summed E-state index contributed by atoms with van der Waals surface area (Å²) in [6, 6.07) is 9.57. The molecule has 0 saturated carbocycles. The van der Waals surface area contributed by atoms with Crippen molar-refractivity contribution in [2.75, 3.05) is 30.7 Å². The van der Waals surface area contributed by atoms with Crippen LogP contribution in [0.4, 0.5) is 16.3 Å². The van der Waals surface area contributed by atoms with Gasteiger partial charge in [-0.1, -0.05) is 32.9 Å². The molecule has 11 nitrogen and oxygen atoms in total. The van der Waals surface area contributed by atoms with Gasteiger partial charge in [-0.25, -0.2) is 14.8 Å². The Morgan fingerprint density at radius 3 is 2.54 bits per heavy atom. The number of nitrogens with zero attached hydrogens (tertiary/aromatic N) is 4. The van der Waals surface area contributed by atoms with Crippen LogP contribution in [0.25, 0.3) is 11.0 Å². The van der Waals surface area contributed by atoms with E-state index in [9.17, 15) is 15.0 Å². The number of carbonyl (C=O) groups excluding carboxylic acids is 1. The maximum Gasteiger partial charge on any atom is 0.319 e. The highest BCUT2D eigenvalue weighted by atomic mass is 16.6. The minimum absolute atomic E-state index is 0.0573. The highest BCUT2D eigenvalue weighted by Gasteiger charge is 2.44. The largest absolute Gasteiger partial charge is 0.387 e. The van der Waals surface area contributed by atoms with Gasteiger partial charge in [0.1, 0.15) is 36.1 Å². The van der Waals surface area contributed by atoms with Crippen molar-refractivity contribution in [3.63, 3.8) is 0 Å². The molecule has 3 aromatic rings. The number of nitrogens with two attached hydrogens (primary N) is 1. The van der Waals surface area contributed by atoms with Gasteiger partial charge in [0.15, 0.2) is 6.23 Å². The summed E-state index contributed by atoms with van der Waals surface area (Å²) in [5.41, 5.74) is 8.48. The second-order valence-corrected chi connectivity index (χ2v) is 11.4. The van der Waals surface area contributed by atoms with Crippen LogP contribution >= 0.6 is 0 Å². The van der Waals surface area contributed by atoms with Crippen molar-refractivity contribution < 1.29 is 19.7 Å². The van der Waals surface area contributed by atoms with Crippen LogP contribution in [0.15, 0.2) is 42.9 Å². The van der Waals surface area contributed by atoms with Gasteiger partial charge in [-0.3, -0.25) is 4.90 Å². The first-order valence-corrected chi connectivity index (χ1v) is 13.4. The topological polar surface area (TPSA) is 151 Å². The summed E-state index contributed by atoms with van der Waals surface area (Å²) in [6.07, 6.45) is 0.210. The fourth-order valence-corrected chi connectivity index (χ4v) is 4.81. The third-order valence-corrected chi connectivity index (χ3v) is 7.21. The van der Waals surface area contributed by atoms with E-state index in [-0.39, 0.29) is 17.5 Å². The van der Waals surface area contributed by atoms with Crippen LogP contribution in [0.3, 0.4) is 0 Å². The third kappa shape index (κ3) is 6.67. The van der Waals surface area contributed by atoms with Gasteiger partial charge in [-0.2, -0.15) is 0 Å². The number of amides is 2. The van der Waals surface area contributed by atoms with E-state index in [4.69, 9.17) is 10.5 Å². The number of urea groups is 1. The Balaban J connectivity index is 1.27. The fraction of sp³-hybridized carbons (Fsp3) is 0.536. The molecule has 0 radical (unpaired) electrons. The van der Waals surface area contributed by atoms with E-state index in [1.807, 2.05) is 24.3 Å². The molecule has 6 N–H and O–H groups in total. The molecule has 4 atom stereocenters. The number of fused-ring (bicyclic) bond motifs is 1. The maximum atomic E-state index is 12.4. The smallest absolute Gasteiger partial charge is 0.319 e. The molecule has 39 heavy (non-hydrogen) atoms. The highest BCUT2D eigenvalue weighted by molar-refractivity contribution is 5.89. The van der Waals surface area contributed by atoms with Gasteiger partial charge in [0.05, 0.1) is 5.39 Å². The lowest BCUT2D eigenvalue weighted by atomic mass is 9.87. The van der Waals surface area contributed by atoms with Crippen LogP contribution in [0.5, 0.6) is 0 Å². The minimum Gasteiger partial charge on any atom is -0.387 e. The van der Waals surface area contributed by atoms with E-state index in [1.165, 1.54) is 11.9 Å². The lowest BCUT2D eigenvalue weighted by Gasteiger charge is -2.30. The number of aromatic nitrogens is 3. The summed E-state index contributed by atoms with van der Waals surface area (Å²) in [7, 11) is 0. The molecule has 0 bridgehead atoms. The minimum atomic E-state index is -1.13.